The van der Waals surface area contributed by atoms with E-state index >= 15 is 0 Å². The van der Waals surface area contributed by atoms with Crippen LogP contribution in [0.15, 0.2) is 36.1 Å². The predicted octanol–water partition coefficient (Wildman–Crippen LogP) is 3.50. The Labute approximate surface area is 111 Å². The Bertz CT molecular complexity index is 692. The Kier molecular flexibility index (Phi) is 3.12. The van der Waals surface area contributed by atoms with Gasteiger partial charge in [0.25, 0.3) is 0 Å². The fourth-order valence-corrected chi connectivity index (χ4v) is 2.52. The number of imidazole rings is 1. The van der Waals surface area contributed by atoms with Gasteiger partial charge in [-0.05, 0) is 18.2 Å². The second-order valence-electron chi connectivity index (χ2n) is 3.92. The maximum Gasteiger partial charge on any atom is 0.319 e. The maximum absolute atomic E-state index is 12.6. The first-order chi connectivity index (χ1) is 9.24. The number of nitrogens with one attached hydrogen (secondary N) is 1. The van der Waals surface area contributed by atoms with E-state index in [1.165, 1.54) is 12.4 Å². The van der Waals surface area contributed by atoms with Crippen molar-refractivity contribution >= 4 is 27.2 Å². The van der Waals surface area contributed by atoms with Gasteiger partial charge < -0.3 is 5.32 Å². The first-order valence-electron chi connectivity index (χ1n) is 5.61. The molecule has 3 aromatic rings. The number of fused-ring (bicyclic) bond motifs is 1. The van der Waals surface area contributed by atoms with Gasteiger partial charge in [-0.25, -0.2) is 9.97 Å². The van der Waals surface area contributed by atoms with Gasteiger partial charge in [-0.1, -0.05) is 0 Å². The molecule has 4 nitrogen and oxygen atoms in total. The van der Waals surface area contributed by atoms with E-state index in [4.69, 9.17) is 0 Å². The second-order valence-corrected chi connectivity index (χ2v) is 4.80. The molecule has 0 radical (unpaired) electrons. The molecule has 0 saturated carbocycles. The number of hydrogen-bond donors (Lipinski definition) is 1. The van der Waals surface area contributed by atoms with Gasteiger partial charge in [-0.15, -0.1) is 11.3 Å². The van der Waals surface area contributed by atoms with E-state index in [1.54, 1.807) is 16.8 Å². The fourth-order valence-electron chi connectivity index (χ4n) is 1.80. The van der Waals surface area contributed by atoms with Crippen LogP contribution >= 0.6 is 11.3 Å². The summed E-state index contributed by atoms with van der Waals surface area (Å²) >= 11 is 1.54. The van der Waals surface area contributed by atoms with Crippen LogP contribution in [0.2, 0.25) is 0 Å². The van der Waals surface area contributed by atoms with Crippen molar-refractivity contribution in [2.45, 2.75) is 13.1 Å². The second kappa shape index (κ2) is 4.93. The molecule has 0 saturated heterocycles. The summed E-state index contributed by atoms with van der Waals surface area (Å²) in [5.41, 5.74) is 3.57. The summed E-state index contributed by atoms with van der Waals surface area (Å²) in [4.78, 5) is 8.10. The zero-order chi connectivity index (χ0) is 13.2. The number of anilines is 1. The van der Waals surface area contributed by atoms with Crippen LogP contribution in [0.1, 0.15) is 12.4 Å². The molecule has 0 unspecified atom stereocenters. The molecule has 0 spiro atoms. The van der Waals surface area contributed by atoms with Crippen molar-refractivity contribution < 1.29 is 8.78 Å². The Morgan fingerprint density at radius 1 is 1.32 bits per heavy atom. The molecular formula is C12H10F2N4S. The number of rotatable bonds is 4. The van der Waals surface area contributed by atoms with Crippen LogP contribution in [0.25, 0.3) is 10.2 Å². The van der Waals surface area contributed by atoms with Crippen LogP contribution < -0.4 is 5.32 Å². The zero-order valence-electron chi connectivity index (χ0n) is 9.75. The van der Waals surface area contributed by atoms with Crippen LogP contribution in [0, 0.1) is 0 Å². The van der Waals surface area contributed by atoms with Gasteiger partial charge in [0, 0.05) is 18.1 Å². The van der Waals surface area contributed by atoms with E-state index < -0.39 is 6.55 Å². The van der Waals surface area contributed by atoms with Gasteiger partial charge >= 0.3 is 6.55 Å². The molecule has 3 rings (SSSR count). The number of benzene rings is 1. The molecule has 1 N–H and O–H groups in total. The van der Waals surface area contributed by atoms with E-state index in [1.807, 2.05) is 18.2 Å². The summed E-state index contributed by atoms with van der Waals surface area (Å²) in [7, 11) is 0. The largest absolute Gasteiger partial charge is 0.378 e. The summed E-state index contributed by atoms with van der Waals surface area (Å²) in [6.07, 6.45) is 2.64. The average Bonchev–Trinajstić information content (AvgIpc) is 3.04. The van der Waals surface area contributed by atoms with Gasteiger partial charge in [0.15, 0.2) is 0 Å². The van der Waals surface area contributed by atoms with E-state index in [0.717, 1.165) is 20.5 Å². The molecule has 0 bridgehead atoms. The van der Waals surface area contributed by atoms with Gasteiger partial charge in [-0.3, -0.25) is 4.57 Å². The van der Waals surface area contributed by atoms with Crippen molar-refractivity contribution in [1.82, 2.24) is 14.5 Å². The molecule has 2 aromatic heterocycles. The van der Waals surface area contributed by atoms with Crippen molar-refractivity contribution in [3.8, 4) is 0 Å². The summed E-state index contributed by atoms with van der Waals surface area (Å²) in [5, 5.41) is 3.09. The zero-order valence-corrected chi connectivity index (χ0v) is 10.6. The maximum atomic E-state index is 12.6. The van der Waals surface area contributed by atoms with E-state index in [2.05, 4.69) is 15.3 Å². The lowest BCUT2D eigenvalue weighted by molar-refractivity contribution is 0.0673. The molecule has 19 heavy (non-hydrogen) atoms. The molecule has 0 atom stereocenters. The van der Waals surface area contributed by atoms with Gasteiger partial charge in [0.05, 0.1) is 22.3 Å². The van der Waals surface area contributed by atoms with Gasteiger partial charge in [0.1, 0.15) is 5.82 Å². The summed E-state index contributed by atoms with van der Waals surface area (Å²) in [5.74, 6) is 0.305. The number of hydrogen-bond acceptors (Lipinski definition) is 4. The minimum atomic E-state index is -2.57. The smallest absolute Gasteiger partial charge is 0.319 e. The standard InChI is InChI=1S/C12H10F2N4S/c13-12(14)18-4-3-15-11(18)6-16-8-1-2-9-10(5-8)19-7-17-9/h1-5,7,12,16H,6H2. The monoisotopic (exact) mass is 280 g/mol. The molecule has 2 heterocycles. The molecule has 1 aromatic carbocycles. The third kappa shape index (κ3) is 2.41. The lowest BCUT2D eigenvalue weighted by atomic mass is 10.3. The minimum absolute atomic E-state index is 0.252. The number of nitrogens with zero attached hydrogens (tertiary/aromatic N) is 3. The van der Waals surface area contributed by atoms with Crippen LogP contribution in [-0.2, 0) is 6.54 Å². The Morgan fingerprint density at radius 3 is 3.05 bits per heavy atom. The van der Waals surface area contributed by atoms with Crippen molar-refractivity contribution in [2.75, 3.05) is 5.32 Å². The van der Waals surface area contributed by atoms with Gasteiger partial charge in [0.2, 0.25) is 0 Å². The molecule has 0 aliphatic carbocycles. The van der Waals surface area contributed by atoms with Crippen LogP contribution in [0.5, 0.6) is 0 Å². The highest BCUT2D eigenvalue weighted by molar-refractivity contribution is 7.16. The quantitative estimate of drug-likeness (QED) is 0.795. The average molecular weight is 280 g/mol. The highest BCUT2D eigenvalue weighted by Crippen LogP contribution is 2.22. The van der Waals surface area contributed by atoms with Crippen LogP contribution in [0.4, 0.5) is 14.5 Å². The highest BCUT2D eigenvalue weighted by atomic mass is 32.1. The van der Waals surface area contributed by atoms with E-state index in [0.29, 0.717) is 5.82 Å². The SMILES string of the molecule is FC(F)n1ccnc1CNc1ccc2ncsc2c1. The molecule has 7 heteroatoms. The van der Waals surface area contributed by atoms with Crippen molar-refractivity contribution in [1.29, 1.82) is 0 Å². The lowest BCUT2D eigenvalue weighted by Crippen LogP contribution is -2.08. The van der Waals surface area contributed by atoms with Crippen molar-refractivity contribution in [3.05, 3.63) is 41.9 Å². The Balaban J connectivity index is 1.76. The minimum Gasteiger partial charge on any atom is -0.378 e. The predicted molar refractivity (Wildman–Crippen MR) is 70.4 cm³/mol. The topological polar surface area (TPSA) is 42.7 Å². The third-order valence-corrected chi connectivity index (χ3v) is 3.53. The third-order valence-electron chi connectivity index (χ3n) is 2.74. The van der Waals surface area contributed by atoms with Crippen molar-refractivity contribution in [3.63, 3.8) is 0 Å². The summed E-state index contributed by atoms with van der Waals surface area (Å²) < 4.78 is 27.2. The van der Waals surface area contributed by atoms with E-state index in [-0.39, 0.29) is 6.54 Å². The fraction of sp³-hybridized carbons (Fsp3) is 0.167. The van der Waals surface area contributed by atoms with E-state index in [9.17, 15) is 8.78 Å². The highest BCUT2D eigenvalue weighted by Gasteiger charge is 2.10. The molecule has 0 amide bonds. The number of alkyl halides is 2. The number of halogens is 2. The summed E-state index contributed by atoms with van der Waals surface area (Å²) in [6, 6.07) is 5.72. The van der Waals surface area contributed by atoms with Crippen LogP contribution in [-0.4, -0.2) is 14.5 Å². The van der Waals surface area contributed by atoms with Gasteiger partial charge in [-0.2, -0.15) is 8.78 Å². The molecule has 98 valence electrons. The first kappa shape index (κ1) is 12.0. The number of aromatic nitrogens is 3. The number of thiazole rings is 1. The normalized spacial score (nSPS) is 11.3. The molecule has 0 fully saturated rings. The lowest BCUT2D eigenvalue weighted by Gasteiger charge is -2.08. The first-order valence-corrected chi connectivity index (χ1v) is 6.49. The Morgan fingerprint density at radius 2 is 2.21 bits per heavy atom. The molecular weight excluding hydrogens is 270 g/mol. The molecule has 0 aliphatic heterocycles. The Hall–Kier alpha value is -2.02. The summed E-state index contributed by atoms with van der Waals surface area (Å²) in [6.45, 7) is -2.31. The van der Waals surface area contributed by atoms with Crippen molar-refractivity contribution in [2.24, 2.45) is 0 Å². The van der Waals surface area contributed by atoms with Crippen LogP contribution in [0.3, 0.4) is 0 Å². The molecule has 0 aliphatic rings.